The molecule has 4 heteroatoms. The number of aryl methyl sites for hydroxylation is 1. The predicted molar refractivity (Wildman–Crippen MR) is 67.2 cm³/mol. The summed E-state index contributed by atoms with van der Waals surface area (Å²) in [6.45, 7) is 3.61. The fourth-order valence-corrected chi connectivity index (χ4v) is 1.68. The molecule has 0 aliphatic heterocycles. The summed E-state index contributed by atoms with van der Waals surface area (Å²) < 4.78 is 0. The molecule has 0 amide bonds. The topological polar surface area (TPSA) is 62.2 Å². The van der Waals surface area contributed by atoms with E-state index in [1.807, 2.05) is 25.1 Å². The van der Waals surface area contributed by atoms with Gasteiger partial charge < -0.3 is 10.4 Å². The van der Waals surface area contributed by atoms with Crippen LogP contribution in [0.15, 0.2) is 30.5 Å². The Hall–Kier alpha value is -2.10. The molecule has 1 aromatic heterocycles. The van der Waals surface area contributed by atoms with Gasteiger partial charge in [0, 0.05) is 17.3 Å². The van der Waals surface area contributed by atoms with E-state index in [-0.39, 0.29) is 0 Å². The fourth-order valence-electron chi connectivity index (χ4n) is 1.68. The maximum Gasteiger partial charge on any atom is 0.325 e. The van der Waals surface area contributed by atoms with E-state index in [0.717, 1.165) is 22.2 Å². The van der Waals surface area contributed by atoms with Gasteiger partial charge in [-0.05, 0) is 32.0 Å². The van der Waals surface area contributed by atoms with Crippen LogP contribution in [0.25, 0.3) is 10.9 Å². The van der Waals surface area contributed by atoms with Gasteiger partial charge in [0.1, 0.15) is 6.04 Å². The van der Waals surface area contributed by atoms with Gasteiger partial charge in [-0.25, -0.2) is 0 Å². The summed E-state index contributed by atoms with van der Waals surface area (Å²) in [7, 11) is 0. The minimum atomic E-state index is -0.873. The molecule has 17 heavy (non-hydrogen) atoms. The summed E-state index contributed by atoms with van der Waals surface area (Å²) in [5, 5.41) is 12.8. The Kier molecular flexibility index (Phi) is 2.95. The molecule has 1 unspecified atom stereocenters. The van der Waals surface area contributed by atoms with E-state index in [2.05, 4.69) is 10.3 Å². The highest BCUT2D eigenvalue weighted by atomic mass is 16.4. The lowest BCUT2D eigenvalue weighted by molar-refractivity contribution is -0.137. The van der Waals surface area contributed by atoms with Crippen LogP contribution in [0.1, 0.15) is 12.5 Å². The smallest absolute Gasteiger partial charge is 0.325 e. The molecule has 1 atom stereocenters. The lowest BCUT2D eigenvalue weighted by Crippen LogP contribution is -2.25. The standard InChI is InChI=1S/C13H14N2O2/c1-8-3-4-11-10(7-8)12(5-6-14-11)15-9(2)13(16)17/h3-7,9H,1-2H3,(H,14,15)(H,16,17). The van der Waals surface area contributed by atoms with Crippen LogP contribution >= 0.6 is 0 Å². The van der Waals surface area contributed by atoms with Gasteiger partial charge >= 0.3 is 5.97 Å². The molecule has 0 saturated carbocycles. The van der Waals surface area contributed by atoms with Crippen molar-refractivity contribution in [3.8, 4) is 0 Å². The molecule has 0 aliphatic carbocycles. The van der Waals surface area contributed by atoms with E-state index in [4.69, 9.17) is 5.11 Å². The monoisotopic (exact) mass is 230 g/mol. The van der Waals surface area contributed by atoms with Crippen LogP contribution in [0.4, 0.5) is 5.69 Å². The van der Waals surface area contributed by atoms with E-state index in [1.165, 1.54) is 0 Å². The summed E-state index contributed by atoms with van der Waals surface area (Å²) >= 11 is 0. The number of aromatic nitrogens is 1. The second kappa shape index (κ2) is 4.41. The largest absolute Gasteiger partial charge is 0.480 e. The number of hydrogen-bond donors (Lipinski definition) is 2. The average Bonchev–Trinajstić information content (AvgIpc) is 2.29. The molecule has 0 aliphatic rings. The van der Waals surface area contributed by atoms with Gasteiger partial charge in [0.05, 0.1) is 5.52 Å². The number of nitrogens with zero attached hydrogens (tertiary/aromatic N) is 1. The summed E-state index contributed by atoms with van der Waals surface area (Å²) in [5.41, 5.74) is 2.78. The third-order valence-corrected chi connectivity index (χ3v) is 2.64. The summed E-state index contributed by atoms with van der Waals surface area (Å²) in [6, 6.07) is 7.09. The molecule has 0 fully saturated rings. The highest BCUT2D eigenvalue weighted by Crippen LogP contribution is 2.23. The minimum absolute atomic E-state index is 0.624. The van der Waals surface area contributed by atoms with Crippen molar-refractivity contribution in [2.45, 2.75) is 19.9 Å². The van der Waals surface area contributed by atoms with Crippen molar-refractivity contribution >= 4 is 22.6 Å². The Balaban J connectivity index is 2.46. The zero-order valence-corrected chi connectivity index (χ0v) is 9.77. The Morgan fingerprint density at radius 2 is 2.18 bits per heavy atom. The average molecular weight is 230 g/mol. The first-order valence-corrected chi connectivity index (χ1v) is 5.42. The van der Waals surface area contributed by atoms with Crippen molar-refractivity contribution in [2.75, 3.05) is 5.32 Å². The first-order valence-electron chi connectivity index (χ1n) is 5.42. The number of fused-ring (bicyclic) bond motifs is 1. The zero-order valence-electron chi connectivity index (χ0n) is 9.77. The van der Waals surface area contributed by atoms with Gasteiger partial charge in [0.2, 0.25) is 0 Å². The first kappa shape index (κ1) is 11.4. The van der Waals surface area contributed by atoms with Crippen molar-refractivity contribution in [3.05, 3.63) is 36.0 Å². The molecule has 0 radical (unpaired) electrons. The Labute approximate surface area is 99.3 Å². The molecule has 0 saturated heterocycles. The molecule has 0 bridgehead atoms. The highest BCUT2D eigenvalue weighted by Gasteiger charge is 2.11. The molecular formula is C13H14N2O2. The van der Waals surface area contributed by atoms with E-state index in [9.17, 15) is 4.79 Å². The predicted octanol–water partition coefficient (Wildman–Crippen LogP) is 2.43. The quantitative estimate of drug-likeness (QED) is 0.850. The molecule has 2 rings (SSSR count). The number of aliphatic carboxylic acids is 1. The number of carboxylic acid groups (broad SMARTS) is 1. The number of anilines is 1. The van der Waals surface area contributed by atoms with Crippen LogP contribution in [0.2, 0.25) is 0 Å². The van der Waals surface area contributed by atoms with Crippen LogP contribution in [0.3, 0.4) is 0 Å². The van der Waals surface area contributed by atoms with Gasteiger partial charge in [-0.2, -0.15) is 0 Å². The van der Waals surface area contributed by atoms with Gasteiger partial charge in [-0.1, -0.05) is 11.6 Å². The molecule has 2 aromatic rings. The maximum atomic E-state index is 10.8. The number of carboxylic acids is 1. The van der Waals surface area contributed by atoms with E-state index >= 15 is 0 Å². The highest BCUT2D eigenvalue weighted by molar-refractivity contribution is 5.93. The van der Waals surface area contributed by atoms with Crippen molar-refractivity contribution in [1.82, 2.24) is 4.98 Å². The van der Waals surface area contributed by atoms with Crippen molar-refractivity contribution in [3.63, 3.8) is 0 Å². The lowest BCUT2D eigenvalue weighted by Gasteiger charge is -2.13. The second-order valence-electron chi connectivity index (χ2n) is 4.08. The maximum absolute atomic E-state index is 10.8. The van der Waals surface area contributed by atoms with Crippen LogP contribution < -0.4 is 5.32 Å². The number of nitrogens with one attached hydrogen (secondary N) is 1. The zero-order chi connectivity index (χ0) is 12.4. The normalized spacial score (nSPS) is 12.4. The van der Waals surface area contributed by atoms with Crippen LogP contribution in [-0.2, 0) is 4.79 Å². The van der Waals surface area contributed by atoms with Gasteiger partial charge in [-0.3, -0.25) is 9.78 Å². The summed E-state index contributed by atoms with van der Waals surface area (Å²) in [6.07, 6.45) is 1.68. The number of benzene rings is 1. The number of hydrogen-bond acceptors (Lipinski definition) is 3. The minimum Gasteiger partial charge on any atom is -0.480 e. The van der Waals surface area contributed by atoms with Crippen LogP contribution in [0.5, 0.6) is 0 Å². The van der Waals surface area contributed by atoms with Crippen molar-refractivity contribution in [2.24, 2.45) is 0 Å². The molecule has 4 nitrogen and oxygen atoms in total. The molecule has 1 aromatic carbocycles. The lowest BCUT2D eigenvalue weighted by atomic mass is 10.1. The summed E-state index contributed by atoms with van der Waals surface area (Å²) in [4.78, 5) is 15.1. The number of rotatable bonds is 3. The second-order valence-corrected chi connectivity index (χ2v) is 4.08. The Morgan fingerprint density at radius 1 is 1.41 bits per heavy atom. The third-order valence-electron chi connectivity index (χ3n) is 2.64. The van der Waals surface area contributed by atoms with Crippen LogP contribution in [-0.4, -0.2) is 22.1 Å². The number of pyridine rings is 1. The van der Waals surface area contributed by atoms with Crippen molar-refractivity contribution < 1.29 is 9.90 Å². The van der Waals surface area contributed by atoms with E-state index in [0.29, 0.717) is 0 Å². The number of carbonyl (C=O) groups is 1. The molecular weight excluding hydrogens is 216 g/mol. The first-order chi connectivity index (χ1) is 8.08. The van der Waals surface area contributed by atoms with Gasteiger partial charge in [0.15, 0.2) is 0 Å². The Bertz CT molecular complexity index is 566. The molecule has 88 valence electrons. The van der Waals surface area contributed by atoms with E-state index in [1.54, 1.807) is 19.2 Å². The SMILES string of the molecule is Cc1ccc2nccc(NC(C)C(=O)O)c2c1. The molecule has 1 heterocycles. The summed E-state index contributed by atoms with van der Waals surface area (Å²) in [5.74, 6) is -0.873. The fraction of sp³-hybridized carbons (Fsp3) is 0.231. The Morgan fingerprint density at radius 3 is 2.88 bits per heavy atom. The molecule has 2 N–H and O–H groups in total. The van der Waals surface area contributed by atoms with Gasteiger partial charge in [0.25, 0.3) is 0 Å². The molecule has 0 spiro atoms. The van der Waals surface area contributed by atoms with E-state index < -0.39 is 12.0 Å². The van der Waals surface area contributed by atoms with Gasteiger partial charge in [-0.15, -0.1) is 0 Å². The third kappa shape index (κ3) is 2.36. The van der Waals surface area contributed by atoms with Crippen LogP contribution in [0, 0.1) is 6.92 Å². The van der Waals surface area contributed by atoms with Crippen molar-refractivity contribution in [1.29, 1.82) is 0 Å².